The highest BCUT2D eigenvalue weighted by molar-refractivity contribution is 5.87. The van der Waals surface area contributed by atoms with E-state index in [9.17, 15) is 4.79 Å². The molecule has 0 amide bonds. The minimum atomic E-state index is -0.104. The lowest BCUT2D eigenvalue weighted by Crippen LogP contribution is -2.23. The number of aromatic amines is 1. The number of pyridine rings is 1. The number of H-pyrrole nitrogens is 1. The summed E-state index contributed by atoms with van der Waals surface area (Å²) in [6.45, 7) is 4.83. The monoisotopic (exact) mass is 246 g/mol. The molecule has 1 aromatic carbocycles. The van der Waals surface area contributed by atoms with E-state index < -0.39 is 0 Å². The molecular formula is C14H18N2O2. The van der Waals surface area contributed by atoms with Crippen LogP contribution >= 0.6 is 0 Å². The number of rotatable bonds is 4. The topological polar surface area (TPSA) is 54.1 Å². The zero-order chi connectivity index (χ0) is 13.1. The average molecular weight is 246 g/mol. The molecule has 4 nitrogen and oxygen atoms in total. The standard InChI is InChI=1S/C14H18N2O2/c1-9(2)15-8-10-7-13(17)16-14-11(10)5-4-6-12(14)18-3/h4-7,9,15H,8H2,1-3H3,(H,16,17). The van der Waals surface area contributed by atoms with Crippen LogP contribution in [-0.4, -0.2) is 18.1 Å². The normalized spacial score (nSPS) is 11.1. The molecule has 96 valence electrons. The fourth-order valence-corrected chi connectivity index (χ4v) is 1.95. The summed E-state index contributed by atoms with van der Waals surface area (Å²) in [7, 11) is 1.60. The lowest BCUT2D eigenvalue weighted by atomic mass is 10.1. The van der Waals surface area contributed by atoms with E-state index in [1.165, 1.54) is 0 Å². The van der Waals surface area contributed by atoms with Gasteiger partial charge in [-0.05, 0) is 11.6 Å². The molecule has 0 aliphatic carbocycles. The molecule has 0 fully saturated rings. The van der Waals surface area contributed by atoms with Crippen molar-refractivity contribution in [3.63, 3.8) is 0 Å². The first kappa shape index (κ1) is 12.6. The molecule has 0 radical (unpaired) electrons. The van der Waals surface area contributed by atoms with Crippen LogP contribution in [0, 0.1) is 0 Å². The highest BCUT2D eigenvalue weighted by Gasteiger charge is 2.07. The molecule has 0 aliphatic rings. The van der Waals surface area contributed by atoms with Crippen LogP contribution in [0.5, 0.6) is 5.75 Å². The molecule has 0 unspecified atom stereocenters. The van der Waals surface area contributed by atoms with E-state index in [1.807, 2.05) is 18.2 Å². The van der Waals surface area contributed by atoms with E-state index in [4.69, 9.17) is 4.74 Å². The molecule has 0 spiro atoms. The third-order valence-corrected chi connectivity index (χ3v) is 2.85. The molecule has 2 aromatic rings. The van der Waals surface area contributed by atoms with Crippen LogP contribution in [0.15, 0.2) is 29.1 Å². The number of aromatic nitrogens is 1. The smallest absolute Gasteiger partial charge is 0.248 e. The molecule has 1 heterocycles. The quantitative estimate of drug-likeness (QED) is 0.868. The Morgan fingerprint density at radius 2 is 2.17 bits per heavy atom. The Labute approximate surface area is 106 Å². The van der Waals surface area contributed by atoms with Gasteiger partial charge in [0.15, 0.2) is 0 Å². The van der Waals surface area contributed by atoms with Crippen molar-refractivity contribution < 1.29 is 4.74 Å². The zero-order valence-electron chi connectivity index (χ0n) is 10.9. The van der Waals surface area contributed by atoms with Gasteiger partial charge in [0.1, 0.15) is 5.75 Å². The summed E-state index contributed by atoms with van der Waals surface area (Å²) in [5.74, 6) is 0.691. The minimum absolute atomic E-state index is 0.104. The average Bonchev–Trinajstić information content (AvgIpc) is 2.35. The molecule has 2 N–H and O–H groups in total. The van der Waals surface area contributed by atoms with Crippen LogP contribution < -0.4 is 15.6 Å². The van der Waals surface area contributed by atoms with Crippen LogP contribution in [0.25, 0.3) is 10.9 Å². The number of nitrogens with one attached hydrogen (secondary N) is 2. The van der Waals surface area contributed by atoms with Crippen molar-refractivity contribution in [2.24, 2.45) is 0 Å². The van der Waals surface area contributed by atoms with Gasteiger partial charge in [-0.25, -0.2) is 0 Å². The van der Waals surface area contributed by atoms with Crippen LogP contribution in [0.1, 0.15) is 19.4 Å². The van der Waals surface area contributed by atoms with E-state index in [-0.39, 0.29) is 5.56 Å². The second-order valence-electron chi connectivity index (χ2n) is 4.58. The molecule has 4 heteroatoms. The Morgan fingerprint density at radius 1 is 1.39 bits per heavy atom. The second kappa shape index (κ2) is 5.23. The number of hydrogen-bond donors (Lipinski definition) is 2. The third kappa shape index (κ3) is 2.54. The molecule has 18 heavy (non-hydrogen) atoms. The first-order valence-corrected chi connectivity index (χ1v) is 6.04. The summed E-state index contributed by atoms with van der Waals surface area (Å²) < 4.78 is 5.27. The van der Waals surface area contributed by atoms with Gasteiger partial charge in [-0.2, -0.15) is 0 Å². The van der Waals surface area contributed by atoms with Gasteiger partial charge in [0.2, 0.25) is 5.56 Å². The van der Waals surface area contributed by atoms with Crippen LogP contribution in [0.2, 0.25) is 0 Å². The molecule has 0 saturated carbocycles. The van der Waals surface area contributed by atoms with Gasteiger partial charge in [0.25, 0.3) is 0 Å². The lowest BCUT2D eigenvalue weighted by molar-refractivity contribution is 0.419. The Kier molecular flexibility index (Phi) is 3.67. The SMILES string of the molecule is COc1cccc2c(CNC(C)C)cc(=O)[nH]c12. The number of benzene rings is 1. The van der Waals surface area contributed by atoms with Gasteiger partial charge < -0.3 is 15.0 Å². The number of fused-ring (bicyclic) bond motifs is 1. The summed E-state index contributed by atoms with van der Waals surface area (Å²) in [5, 5.41) is 4.34. The molecule has 2 rings (SSSR count). The van der Waals surface area contributed by atoms with E-state index >= 15 is 0 Å². The molecule has 0 bridgehead atoms. The maximum absolute atomic E-state index is 11.7. The fraction of sp³-hybridized carbons (Fsp3) is 0.357. The molecule has 0 saturated heterocycles. The van der Waals surface area contributed by atoms with Crippen molar-refractivity contribution in [3.05, 3.63) is 40.2 Å². The van der Waals surface area contributed by atoms with Gasteiger partial charge in [-0.15, -0.1) is 0 Å². The van der Waals surface area contributed by atoms with E-state index in [1.54, 1.807) is 13.2 Å². The van der Waals surface area contributed by atoms with Crippen molar-refractivity contribution >= 4 is 10.9 Å². The molecular weight excluding hydrogens is 228 g/mol. The first-order chi connectivity index (χ1) is 8.61. The largest absolute Gasteiger partial charge is 0.495 e. The van der Waals surface area contributed by atoms with Gasteiger partial charge in [0, 0.05) is 24.0 Å². The highest BCUT2D eigenvalue weighted by atomic mass is 16.5. The number of ether oxygens (including phenoxy) is 1. The Hall–Kier alpha value is -1.81. The van der Waals surface area contributed by atoms with E-state index in [0.29, 0.717) is 18.3 Å². The van der Waals surface area contributed by atoms with Crippen molar-refractivity contribution in [3.8, 4) is 5.75 Å². The molecule has 1 aromatic heterocycles. The van der Waals surface area contributed by atoms with Gasteiger partial charge >= 0.3 is 0 Å². The zero-order valence-corrected chi connectivity index (χ0v) is 10.9. The first-order valence-electron chi connectivity index (χ1n) is 6.04. The summed E-state index contributed by atoms with van der Waals surface area (Å²) in [5.41, 5.74) is 1.64. The summed E-state index contributed by atoms with van der Waals surface area (Å²) in [4.78, 5) is 14.5. The van der Waals surface area contributed by atoms with Crippen molar-refractivity contribution in [1.29, 1.82) is 0 Å². The van der Waals surface area contributed by atoms with Crippen molar-refractivity contribution in [2.45, 2.75) is 26.4 Å². The predicted molar refractivity (Wildman–Crippen MR) is 73.1 cm³/mol. The van der Waals surface area contributed by atoms with Gasteiger partial charge in [0.05, 0.1) is 12.6 Å². The maximum atomic E-state index is 11.7. The van der Waals surface area contributed by atoms with Gasteiger partial charge in [-0.1, -0.05) is 26.0 Å². The Morgan fingerprint density at radius 3 is 2.83 bits per heavy atom. The summed E-state index contributed by atoms with van der Waals surface area (Å²) in [6, 6.07) is 7.78. The van der Waals surface area contributed by atoms with Crippen LogP contribution in [0.4, 0.5) is 0 Å². The number of hydrogen-bond acceptors (Lipinski definition) is 3. The number of methoxy groups -OCH3 is 1. The highest BCUT2D eigenvalue weighted by Crippen LogP contribution is 2.24. The Balaban J connectivity index is 2.55. The van der Waals surface area contributed by atoms with Crippen molar-refractivity contribution in [1.82, 2.24) is 10.3 Å². The molecule has 0 atom stereocenters. The van der Waals surface area contributed by atoms with Crippen LogP contribution in [0.3, 0.4) is 0 Å². The minimum Gasteiger partial charge on any atom is -0.495 e. The molecule has 0 aliphatic heterocycles. The lowest BCUT2D eigenvalue weighted by Gasteiger charge is -2.11. The maximum Gasteiger partial charge on any atom is 0.248 e. The van der Waals surface area contributed by atoms with Gasteiger partial charge in [-0.3, -0.25) is 4.79 Å². The summed E-state index contributed by atoms with van der Waals surface area (Å²) >= 11 is 0. The fourth-order valence-electron chi connectivity index (χ4n) is 1.95. The number of para-hydroxylation sites is 1. The van der Waals surface area contributed by atoms with E-state index in [0.717, 1.165) is 16.5 Å². The predicted octanol–water partition coefficient (Wildman–Crippen LogP) is 2.03. The second-order valence-corrected chi connectivity index (χ2v) is 4.58. The van der Waals surface area contributed by atoms with E-state index in [2.05, 4.69) is 24.1 Å². The Bertz CT molecular complexity index is 602. The van der Waals surface area contributed by atoms with Crippen LogP contribution in [-0.2, 0) is 6.54 Å². The van der Waals surface area contributed by atoms with Crippen molar-refractivity contribution in [2.75, 3.05) is 7.11 Å². The third-order valence-electron chi connectivity index (χ3n) is 2.85. The summed E-state index contributed by atoms with van der Waals surface area (Å²) in [6.07, 6.45) is 0.